The molecule has 0 aliphatic carbocycles. The molecule has 0 aromatic heterocycles. The quantitative estimate of drug-likeness (QED) is 0.802. The molecule has 0 saturated carbocycles. The lowest BCUT2D eigenvalue weighted by Gasteiger charge is -2.20. The summed E-state index contributed by atoms with van der Waals surface area (Å²) in [6.07, 6.45) is 1.02. The van der Waals surface area contributed by atoms with E-state index in [1.165, 1.54) is 0 Å². The molecule has 0 heterocycles. The van der Waals surface area contributed by atoms with Crippen LogP contribution >= 0.6 is 11.6 Å². The third-order valence-corrected chi connectivity index (χ3v) is 4.06. The second kappa shape index (κ2) is 7.06. The molecule has 1 nitrogen and oxygen atoms in total. The lowest BCUT2D eigenvalue weighted by atomic mass is 9.96. The van der Waals surface area contributed by atoms with E-state index in [4.69, 9.17) is 11.6 Å². The summed E-state index contributed by atoms with van der Waals surface area (Å²) in [5, 5.41) is 4.21. The Hall–Kier alpha value is -1.38. The maximum Gasteiger partial charge on any atom is 0.126 e. The number of hydrogen-bond donors (Lipinski definition) is 1. The largest absolute Gasteiger partial charge is 0.306 e. The highest BCUT2D eigenvalue weighted by molar-refractivity contribution is 6.31. The average molecular weight is 306 g/mol. The van der Waals surface area contributed by atoms with Crippen LogP contribution in [0.3, 0.4) is 0 Å². The lowest BCUT2D eigenvalue weighted by molar-refractivity contribution is 0.582. The Morgan fingerprint density at radius 3 is 2.24 bits per heavy atom. The molecule has 0 spiro atoms. The summed E-state index contributed by atoms with van der Waals surface area (Å²) in [6.45, 7) is 6.73. The molecule has 3 heteroatoms. The summed E-state index contributed by atoms with van der Waals surface area (Å²) < 4.78 is 13.9. The zero-order chi connectivity index (χ0) is 15.4. The van der Waals surface area contributed by atoms with Gasteiger partial charge in [0.25, 0.3) is 0 Å². The maximum atomic E-state index is 13.9. The van der Waals surface area contributed by atoms with Crippen LogP contribution in [0.5, 0.6) is 0 Å². The molecule has 0 radical (unpaired) electrons. The van der Waals surface area contributed by atoms with E-state index >= 15 is 0 Å². The molecule has 21 heavy (non-hydrogen) atoms. The Morgan fingerprint density at radius 1 is 1.05 bits per heavy atom. The number of rotatable bonds is 5. The fourth-order valence-corrected chi connectivity index (χ4v) is 2.48. The van der Waals surface area contributed by atoms with Crippen molar-refractivity contribution in [2.24, 2.45) is 0 Å². The van der Waals surface area contributed by atoms with E-state index < -0.39 is 0 Å². The van der Waals surface area contributed by atoms with Gasteiger partial charge in [0.2, 0.25) is 0 Å². The molecule has 2 aromatic carbocycles. The molecule has 0 fully saturated rings. The van der Waals surface area contributed by atoms with Crippen molar-refractivity contribution in [2.75, 3.05) is 6.54 Å². The molecule has 2 rings (SSSR count). The Bertz CT molecular complexity index is 573. The predicted molar refractivity (Wildman–Crippen MR) is 87.5 cm³/mol. The predicted octanol–water partition coefficient (Wildman–Crippen LogP) is 5.18. The average Bonchev–Trinajstić information content (AvgIpc) is 2.46. The van der Waals surface area contributed by atoms with E-state index in [2.05, 4.69) is 12.2 Å². The molecule has 0 bridgehead atoms. The van der Waals surface area contributed by atoms with E-state index in [1.54, 1.807) is 13.0 Å². The number of aryl methyl sites for hydroxylation is 2. The van der Waals surface area contributed by atoms with Gasteiger partial charge >= 0.3 is 0 Å². The molecule has 1 unspecified atom stereocenters. The lowest BCUT2D eigenvalue weighted by Crippen LogP contribution is -2.23. The number of halogens is 2. The second-order valence-electron chi connectivity index (χ2n) is 5.40. The molecule has 2 aromatic rings. The van der Waals surface area contributed by atoms with Gasteiger partial charge in [-0.2, -0.15) is 0 Å². The zero-order valence-corrected chi connectivity index (χ0v) is 13.5. The van der Waals surface area contributed by atoms with Gasteiger partial charge in [-0.25, -0.2) is 4.39 Å². The van der Waals surface area contributed by atoms with Crippen molar-refractivity contribution in [1.29, 1.82) is 0 Å². The third-order valence-electron chi connectivity index (χ3n) is 3.66. The van der Waals surface area contributed by atoms with Crippen LogP contribution in [0.25, 0.3) is 0 Å². The summed E-state index contributed by atoms with van der Waals surface area (Å²) in [5.41, 5.74) is 3.69. The first-order valence-corrected chi connectivity index (χ1v) is 7.66. The summed E-state index contributed by atoms with van der Waals surface area (Å²) in [7, 11) is 0. The van der Waals surface area contributed by atoms with Crippen LogP contribution in [0.1, 0.15) is 41.6 Å². The van der Waals surface area contributed by atoms with Crippen LogP contribution in [0.4, 0.5) is 4.39 Å². The molecule has 0 amide bonds. The fourth-order valence-electron chi connectivity index (χ4n) is 2.29. The Morgan fingerprint density at radius 2 is 1.67 bits per heavy atom. The van der Waals surface area contributed by atoms with E-state index in [1.807, 2.05) is 37.3 Å². The van der Waals surface area contributed by atoms with E-state index in [9.17, 15) is 4.39 Å². The zero-order valence-electron chi connectivity index (χ0n) is 12.7. The normalized spacial score (nSPS) is 12.4. The first-order valence-electron chi connectivity index (χ1n) is 7.28. The molecular formula is C18H21ClFN. The smallest absolute Gasteiger partial charge is 0.126 e. The summed E-state index contributed by atoms with van der Waals surface area (Å²) in [5.74, 6) is -0.172. The Balaban J connectivity index is 2.41. The number of benzene rings is 2. The minimum atomic E-state index is -0.172. The molecule has 112 valence electrons. The molecule has 0 saturated heterocycles. The van der Waals surface area contributed by atoms with Crippen LogP contribution < -0.4 is 5.32 Å². The molecule has 1 N–H and O–H groups in total. The van der Waals surface area contributed by atoms with Crippen LogP contribution in [0, 0.1) is 19.7 Å². The number of hydrogen-bond acceptors (Lipinski definition) is 1. The first kappa shape index (κ1) is 16.0. The van der Waals surface area contributed by atoms with Crippen molar-refractivity contribution in [2.45, 2.75) is 33.2 Å². The van der Waals surface area contributed by atoms with Crippen molar-refractivity contribution in [3.05, 3.63) is 69.5 Å². The third kappa shape index (κ3) is 3.84. The van der Waals surface area contributed by atoms with Gasteiger partial charge in [0.1, 0.15) is 5.82 Å². The number of nitrogens with one attached hydrogen (secondary N) is 1. The SMILES string of the molecule is CCCNC(c1ccc(C)c(F)c1)c1ccc(C)c(Cl)c1. The Kier molecular flexibility index (Phi) is 5.38. The van der Waals surface area contributed by atoms with Gasteiger partial charge < -0.3 is 5.32 Å². The topological polar surface area (TPSA) is 12.0 Å². The molecule has 1 atom stereocenters. The summed E-state index contributed by atoms with van der Waals surface area (Å²) in [6, 6.07) is 11.4. The van der Waals surface area contributed by atoms with Gasteiger partial charge in [-0.3, -0.25) is 0 Å². The van der Waals surface area contributed by atoms with Gasteiger partial charge in [0.05, 0.1) is 6.04 Å². The van der Waals surface area contributed by atoms with Gasteiger partial charge in [-0.15, -0.1) is 0 Å². The van der Waals surface area contributed by atoms with E-state index in [-0.39, 0.29) is 11.9 Å². The van der Waals surface area contributed by atoms with Crippen LogP contribution in [-0.4, -0.2) is 6.54 Å². The Labute approximate surface area is 131 Å². The first-order chi connectivity index (χ1) is 10.0. The monoisotopic (exact) mass is 305 g/mol. The minimum absolute atomic E-state index is 0.0434. The summed E-state index contributed by atoms with van der Waals surface area (Å²) in [4.78, 5) is 0. The van der Waals surface area contributed by atoms with E-state index in [0.717, 1.165) is 34.7 Å². The highest BCUT2D eigenvalue weighted by Crippen LogP contribution is 2.27. The van der Waals surface area contributed by atoms with Crippen LogP contribution in [0.2, 0.25) is 5.02 Å². The highest BCUT2D eigenvalue weighted by atomic mass is 35.5. The second-order valence-corrected chi connectivity index (χ2v) is 5.81. The van der Waals surface area contributed by atoms with Crippen LogP contribution in [0.15, 0.2) is 36.4 Å². The van der Waals surface area contributed by atoms with E-state index in [0.29, 0.717) is 5.56 Å². The molecular weight excluding hydrogens is 285 g/mol. The fraction of sp³-hybridized carbons (Fsp3) is 0.333. The van der Waals surface area contributed by atoms with Crippen molar-refractivity contribution in [3.8, 4) is 0 Å². The molecule has 0 aliphatic heterocycles. The standard InChI is InChI=1S/C18H21ClFN/c1-4-9-21-18(14-7-5-12(2)16(19)10-14)15-8-6-13(3)17(20)11-15/h5-8,10-11,18,21H,4,9H2,1-3H3. The molecule has 0 aliphatic rings. The van der Waals surface area contributed by atoms with Crippen LogP contribution in [-0.2, 0) is 0 Å². The summed E-state index contributed by atoms with van der Waals surface area (Å²) >= 11 is 6.23. The van der Waals surface area contributed by atoms with Crippen molar-refractivity contribution < 1.29 is 4.39 Å². The van der Waals surface area contributed by atoms with Gasteiger partial charge in [0, 0.05) is 5.02 Å². The maximum absolute atomic E-state index is 13.9. The van der Waals surface area contributed by atoms with Gasteiger partial charge in [0.15, 0.2) is 0 Å². The van der Waals surface area contributed by atoms with Crippen molar-refractivity contribution in [3.63, 3.8) is 0 Å². The van der Waals surface area contributed by atoms with Crippen molar-refractivity contribution >= 4 is 11.6 Å². The van der Waals surface area contributed by atoms with Gasteiger partial charge in [-0.1, -0.05) is 42.8 Å². The van der Waals surface area contributed by atoms with Crippen molar-refractivity contribution in [1.82, 2.24) is 5.32 Å². The minimum Gasteiger partial charge on any atom is -0.306 e. The van der Waals surface area contributed by atoms with Gasteiger partial charge in [-0.05, 0) is 61.2 Å². The highest BCUT2D eigenvalue weighted by Gasteiger charge is 2.15.